The minimum absolute atomic E-state index is 0.227. The Morgan fingerprint density at radius 1 is 1.46 bits per heavy atom. The van der Waals surface area contributed by atoms with Gasteiger partial charge in [-0.25, -0.2) is 5.06 Å². The summed E-state index contributed by atoms with van der Waals surface area (Å²) >= 11 is 0. The van der Waals surface area contributed by atoms with Gasteiger partial charge in [-0.2, -0.15) is 0 Å². The molecule has 4 heteroatoms. The first-order chi connectivity index (χ1) is 6.12. The number of carbonyl (C=O) groups is 1. The second-order valence-corrected chi connectivity index (χ2v) is 3.87. The Balaban J connectivity index is 2.72. The molecule has 1 saturated carbocycles. The number of hydroxylamine groups is 2. The minimum atomic E-state index is -0.484. The van der Waals surface area contributed by atoms with Crippen LogP contribution in [0.2, 0.25) is 0 Å². The van der Waals surface area contributed by atoms with Gasteiger partial charge in [-0.15, -0.1) is 0 Å². The second kappa shape index (κ2) is 4.07. The minimum Gasteiger partial charge on any atom is -0.329 e. The molecule has 0 aliphatic heterocycles. The smallest absolute Gasteiger partial charge is 0.253 e. The van der Waals surface area contributed by atoms with E-state index in [0.717, 1.165) is 25.7 Å². The maximum Gasteiger partial charge on any atom is 0.253 e. The quantitative estimate of drug-likeness (QED) is 0.494. The summed E-state index contributed by atoms with van der Waals surface area (Å²) in [6, 6.07) is 0. The third-order valence-electron chi connectivity index (χ3n) is 2.95. The van der Waals surface area contributed by atoms with Crippen LogP contribution >= 0.6 is 0 Å². The predicted molar refractivity (Wildman–Crippen MR) is 49.1 cm³/mol. The van der Waals surface area contributed by atoms with E-state index >= 15 is 0 Å². The van der Waals surface area contributed by atoms with Gasteiger partial charge in [0.05, 0.1) is 5.41 Å². The fourth-order valence-electron chi connectivity index (χ4n) is 2.08. The lowest BCUT2D eigenvalue weighted by molar-refractivity contribution is -0.172. The number of nitrogens with two attached hydrogens (primary N) is 1. The Morgan fingerprint density at radius 2 is 2.00 bits per heavy atom. The molecule has 1 aliphatic carbocycles. The van der Waals surface area contributed by atoms with Crippen LogP contribution in [0.1, 0.15) is 32.1 Å². The molecular weight excluding hydrogens is 168 g/mol. The van der Waals surface area contributed by atoms with Crippen LogP contribution < -0.4 is 5.73 Å². The Morgan fingerprint density at radius 3 is 2.38 bits per heavy atom. The molecule has 0 aromatic rings. The van der Waals surface area contributed by atoms with Crippen molar-refractivity contribution < 1.29 is 10.0 Å². The molecule has 0 aromatic carbocycles. The van der Waals surface area contributed by atoms with Gasteiger partial charge in [-0.05, 0) is 12.8 Å². The highest BCUT2D eigenvalue weighted by Gasteiger charge is 2.39. The van der Waals surface area contributed by atoms with Gasteiger partial charge < -0.3 is 5.73 Å². The van der Waals surface area contributed by atoms with Crippen molar-refractivity contribution in [1.29, 1.82) is 0 Å². The Labute approximate surface area is 78.7 Å². The molecule has 13 heavy (non-hydrogen) atoms. The highest BCUT2D eigenvalue weighted by molar-refractivity contribution is 5.81. The molecular formula is C9H18N2O2. The van der Waals surface area contributed by atoms with E-state index in [2.05, 4.69) is 0 Å². The summed E-state index contributed by atoms with van der Waals surface area (Å²) in [5, 5.41) is 9.78. The Kier molecular flexibility index (Phi) is 3.27. The Hall–Kier alpha value is -0.610. The molecule has 0 unspecified atom stereocenters. The summed E-state index contributed by atoms with van der Waals surface area (Å²) in [4.78, 5) is 11.6. The van der Waals surface area contributed by atoms with Crippen LogP contribution in [0.5, 0.6) is 0 Å². The van der Waals surface area contributed by atoms with Crippen molar-refractivity contribution in [2.45, 2.75) is 32.1 Å². The molecule has 0 aromatic heterocycles. The van der Waals surface area contributed by atoms with Crippen LogP contribution in [0.25, 0.3) is 0 Å². The molecule has 1 amide bonds. The van der Waals surface area contributed by atoms with Crippen LogP contribution in [-0.2, 0) is 4.79 Å². The molecule has 1 aliphatic rings. The lowest BCUT2D eigenvalue weighted by Gasteiger charge is -2.35. The van der Waals surface area contributed by atoms with Crippen molar-refractivity contribution in [2.75, 3.05) is 13.6 Å². The average molecular weight is 186 g/mol. The van der Waals surface area contributed by atoms with Gasteiger partial charge >= 0.3 is 0 Å². The van der Waals surface area contributed by atoms with E-state index in [4.69, 9.17) is 10.9 Å². The van der Waals surface area contributed by atoms with E-state index < -0.39 is 5.41 Å². The molecule has 0 heterocycles. The number of rotatable bonds is 2. The fraction of sp³-hybridized carbons (Fsp3) is 0.889. The molecule has 0 saturated heterocycles. The van der Waals surface area contributed by atoms with Crippen molar-refractivity contribution in [3.63, 3.8) is 0 Å². The van der Waals surface area contributed by atoms with Crippen molar-refractivity contribution in [3.05, 3.63) is 0 Å². The number of amides is 1. The Bertz CT molecular complexity index is 186. The summed E-state index contributed by atoms with van der Waals surface area (Å²) in [6.07, 6.45) is 4.87. The van der Waals surface area contributed by atoms with Crippen LogP contribution in [-0.4, -0.2) is 29.8 Å². The summed E-state index contributed by atoms with van der Waals surface area (Å²) in [7, 11) is 1.37. The van der Waals surface area contributed by atoms with Crippen LogP contribution in [0.15, 0.2) is 0 Å². The van der Waals surface area contributed by atoms with E-state index in [-0.39, 0.29) is 5.91 Å². The number of hydrogen-bond donors (Lipinski definition) is 2. The third kappa shape index (κ3) is 2.00. The first-order valence-electron chi connectivity index (χ1n) is 4.79. The summed E-state index contributed by atoms with van der Waals surface area (Å²) in [5.74, 6) is -0.227. The lowest BCUT2D eigenvalue weighted by atomic mass is 9.73. The molecule has 0 bridgehead atoms. The number of hydrogen-bond acceptors (Lipinski definition) is 3. The summed E-state index contributed by atoms with van der Waals surface area (Å²) in [6.45, 7) is 0.344. The normalized spacial score (nSPS) is 21.2. The van der Waals surface area contributed by atoms with E-state index in [0.29, 0.717) is 11.6 Å². The zero-order valence-corrected chi connectivity index (χ0v) is 8.12. The van der Waals surface area contributed by atoms with Crippen molar-refractivity contribution in [2.24, 2.45) is 11.1 Å². The lowest BCUT2D eigenvalue weighted by Crippen LogP contribution is -2.46. The van der Waals surface area contributed by atoms with Gasteiger partial charge in [0.15, 0.2) is 0 Å². The fourth-order valence-corrected chi connectivity index (χ4v) is 2.08. The van der Waals surface area contributed by atoms with E-state index in [1.54, 1.807) is 0 Å². The maximum absolute atomic E-state index is 11.6. The van der Waals surface area contributed by atoms with Crippen LogP contribution in [0.3, 0.4) is 0 Å². The van der Waals surface area contributed by atoms with Gasteiger partial charge in [0.2, 0.25) is 0 Å². The van der Waals surface area contributed by atoms with Gasteiger partial charge in [-0.1, -0.05) is 19.3 Å². The molecule has 3 N–H and O–H groups in total. The zero-order chi connectivity index (χ0) is 9.90. The summed E-state index contributed by atoms with van der Waals surface area (Å²) < 4.78 is 0. The van der Waals surface area contributed by atoms with Crippen molar-refractivity contribution >= 4 is 5.91 Å². The van der Waals surface area contributed by atoms with E-state index in [1.165, 1.54) is 13.5 Å². The first-order valence-corrected chi connectivity index (χ1v) is 4.79. The largest absolute Gasteiger partial charge is 0.329 e. The molecule has 0 atom stereocenters. The maximum atomic E-state index is 11.6. The van der Waals surface area contributed by atoms with Crippen LogP contribution in [0.4, 0.5) is 0 Å². The van der Waals surface area contributed by atoms with E-state index in [9.17, 15) is 4.79 Å². The number of nitrogens with zero attached hydrogens (tertiary/aromatic N) is 1. The standard InChI is InChI=1S/C9H18N2O2/c1-11(13)8(12)9(7-10)5-3-2-4-6-9/h13H,2-7,10H2,1H3. The molecule has 1 fully saturated rings. The topological polar surface area (TPSA) is 66.6 Å². The van der Waals surface area contributed by atoms with Gasteiger partial charge in [0.1, 0.15) is 0 Å². The molecule has 4 nitrogen and oxygen atoms in total. The highest BCUT2D eigenvalue weighted by Crippen LogP contribution is 2.36. The first kappa shape index (κ1) is 10.5. The highest BCUT2D eigenvalue weighted by atomic mass is 16.5. The van der Waals surface area contributed by atoms with Crippen molar-refractivity contribution in [1.82, 2.24) is 5.06 Å². The summed E-state index contributed by atoms with van der Waals surface area (Å²) in [5.41, 5.74) is 5.13. The molecule has 0 radical (unpaired) electrons. The monoisotopic (exact) mass is 186 g/mol. The molecule has 0 spiro atoms. The van der Waals surface area contributed by atoms with Gasteiger partial charge in [0.25, 0.3) is 5.91 Å². The van der Waals surface area contributed by atoms with Crippen molar-refractivity contribution in [3.8, 4) is 0 Å². The van der Waals surface area contributed by atoms with Gasteiger partial charge in [-0.3, -0.25) is 10.0 Å². The van der Waals surface area contributed by atoms with Gasteiger partial charge in [0, 0.05) is 13.6 Å². The molecule has 1 rings (SSSR count). The zero-order valence-electron chi connectivity index (χ0n) is 8.12. The second-order valence-electron chi connectivity index (χ2n) is 3.87. The SMILES string of the molecule is CN(O)C(=O)C1(CN)CCCCC1. The van der Waals surface area contributed by atoms with Crippen LogP contribution in [0, 0.1) is 5.41 Å². The van der Waals surface area contributed by atoms with E-state index in [1.807, 2.05) is 0 Å². The third-order valence-corrected chi connectivity index (χ3v) is 2.95. The predicted octanol–water partition coefficient (Wildman–Crippen LogP) is 0.743. The number of carbonyl (C=O) groups excluding carboxylic acids is 1. The average Bonchev–Trinajstić information content (AvgIpc) is 2.17. The molecule has 76 valence electrons.